The van der Waals surface area contributed by atoms with Gasteiger partial charge in [0.25, 0.3) is 5.91 Å². The van der Waals surface area contributed by atoms with Gasteiger partial charge in [-0.2, -0.15) is 0 Å². The minimum absolute atomic E-state index is 0. The summed E-state index contributed by atoms with van der Waals surface area (Å²) in [5.41, 5.74) is 0.701. The second-order valence-electron chi connectivity index (χ2n) is 7.08. The number of amides is 2. The number of halogens is 2. The third-order valence-electron chi connectivity index (χ3n) is 5.04. The Morgan fingerprint density at radius 1 is 1.31 bits per heavy atom. The van der Waals surface area contributed by atoms with Crippen LogP contribution in [0.3, 0.4) is 0 Å². The maximum absolute atomic E-state index is 12.7. The van der Waals surface area contributed by atoms with E-state index in [0.29, 0.717) is 28.8 Å². The van der Waals surface area contributed by atoms with E-state index in [-0.39, 0.29) is 29.6 Å². The summed E-state index contributed by atoms with van der Waals surface area (Å²) in [4.78, 5) is 27.1. The average molecular weight is 418 g/mol. The Hall–Kier alpha value is -0.950. The highest BCUT2D eigenvalue weighted by atomic mass is 35.5. The number of nitrogens with zero attached hydrogens (tertiary/aromatic N) is 1. The number of hydrogen-bond donors (Lipinski definition) is 2. The third-order valence-corrected chi connectivity index (χ3v) is 6.30. The monoisotopic (exact) mass is 417 g/mol. The Bertz CT molecular complexity index is 636. The largest absolute Gasteiger partial charge is 0.354 e. The smallest absolute Gasteiger partial charge is 0.255 e. The van der Waals surface area contributed by atoms with Crippen LogP contribution in [-0.4, -0.2) is 54.0 Å². The normalized spacial score (nSPS) is 21.8. The zero-order chi connectivity index (χ0) is 17.9. The lowest BCUT2D eigenvalue weighted by molar-refractivity contribution is -0.125. The van der Waals surface area contributed by atoms with E-state index in [1.807, 2.05) is 0 Å². The molecular formula is C18H25Cl2N3O2S. The molecule has 1 atom stereocenters. The quantitative estimate of drug-likeness (QED) is 0.790. The van der Waals surface area contributed by atoms with E-state index in [1.54, 1.807) is 40.9 Å². The lowest BCUT2D eigenvalue weighted by atomic mass is 9.81. The first-order valence-electron chi connectivity index (χ1n) is 8.61. The molecule has 0 saturated carbocycles. The minimum Gasteiger partial charge on any atom is -0.354 e. The molecule has 1 aromatic carbocycles. The molecule has 5 nitrogen and oxygen atoms in total. The first-order chi connectivity index (χ1) is 12.0. The van der Waals surface area contributed by atoms with Gasteiger partial charge in [-0.1, -0.05) is 18.5 Å². The number of thioether (sulfide) groups is 1. The molecule has 2 saturated heterocycles. The number of carbonyl (C=O) groups excluding carboxylic acids is 2. The van der Waals surface area contributed by atoms with E-state index in [9.17, 15) is 9.59 Å². The number of rotatable bonds is 4. The van der Waals surface area contributed by atoms with Crippen LogP contribution in [-0.2, 0) is 4.79 Å². The van der Waals surface area contributed by atoms with Crippen molar-refractivity contribution in [3.63, 3.8) is 0 Å². The van der Waals surface area contributed by atoms with Gasteiger partial charge >= 0.3 is 0 Å². The average Bonchev–Trinajstić information content (AvgIpc) is 3.10. The first-order valence-corrected chi connectivity index (χ1v) is 10.1. The summed E-state index contributed by atoms with van der Waals surface area (Å²) >= 11 is 7.50. The van der Waals surface area contributed by atoms with Crippen LogP contribution in [0.15, 0.2) is 24.3 Å². The molecule has 3 rings (SSSR count). The SMILES string of the molecule is CC1(CNC(=O)C2CSCN2C(=O)c2ccc(Cl)cc2)CCNCC1.Cl. The molecule has 8 heteroatoms. The molecule has 2 fully saturated rings. The Labute approximate surface area is 170 Å². The van der Waals surface area contributed by atoms with Gasteiger partial charge in [-0.05, 0) is 55.6 Å². The predicted octanol–water partition coefficient (Wildman–Crippen LogP) is 2.78. The van der Waals surface area contributed by atoms with Crippen molar-refractivity contribution in [3.8, 4) is 0 Å². The number of carbonyl (C=O) groups is 2. The lowest BCUT2D eigenvalue weighted by Crippen LogP contribution is -2.50. The molecule has 2 heterocycles. The van der Waals surface area contributed by atoms with Gasteiger partial charge in [-0.25, -0.2) is 0 Å². The fourth-order valence-corrected chi connectivity index (χ4v) is 4.52. The van der Waals surface area contributed by atoms with Crippen LogP contribution in [0.2, 0.25) is 5.02 Å². The lowest BCUT2D eigenvalue weighted by Gasteiger charge is -2.34. The molecule has 2 N–H and O–H groups in total. The van der Waals surface area contributed by atoms with Crippen LogP contribution in [0.25, 0.3) is 0 Å². The topological polar surface area (TPSA) is 61.4 Å². The van der Waals surface area contributed by atoms with Crippen LogP contribution < -0.4 is 10.6 Å². The molecule has 2 aliphatic rings. The van der Waals surface area contributed by atoms with Crippen molar-refractivity contribution in [2.75, 3.05) is 31.3 Å². The summed E-state index contributed by atoms with van der Waals surface area (Å²) in [5.74, 6) is 1.02. The van der Waals surface area contributed by atoms with Gasteiger partial charge in [0.2, 0.25) is 5.91 Å². The number of piperidine rings is 1. The maximum atomic E-state index is 12.7. The molecule has 0 aromatic heterocycles. The Morgan fingerprint density at radius 3 is 2.62 bits per heavy atom. The Kier molecular flexibility index (Phi) is 7.64. The molecule has 1 unspecified atom stereocenters. The van der Waals surface area contributed by atoms with Gasteiger partial charge in [0, 0.05) is 22.9 Å². The van der Waals surface area contributed by atoms with Gasteiger partial charge < -0.3 is 15.5 Å². The van der Waals surface area contributed by atoms with Crippen LogP contribution in [0.5, 0.6) is 0 Å². The maximum Gasteiger partial charge on any atom is 0.255 e. The van der Waals surface area contributed by atoms with E-state index >= 15 is 0 Å². The summed E-state index contributed by atoms with van der Waals surface area (Å²) in [6.45, 7) is 4.87. The zero-order valence-corrected chi connectivity index (χ0v) is 17.2. The highest BCUT2D eigenvalue weighted by Gasteiger charge is 2.36. The minimum atomic E-state index is -0.404. The third kappa shape index (κ3) is 5.06. The van der Waals surface area contributed by atoms with Gasteiger partial charge in [0.05, 0.1) is 5.88 Å². The van der Waals surface area contributed by atoms with Crippen molar-refractivity contribution in [1.82, 2.24) is 15.5 Å². The molecule has 1 aromatic rings. The number of hydrogen-bond acceptors (Lipinski definition) is 4. The van der Waals surface area contributed by atoms with Crippen molar-refractivity contribution in [2.24, 2.45) is 5.41 Å². The molecule has 0 spiro atoms. The highest BCUT2D eigenvalue weighted by Crippen LogP contribution is 2.28. The second-order valence-corrected chi connectivity index (χ2v) is 8.51. The highest BCUT2D eigenvalue weighted by molar-refractivity contribution is 7.99. The van der Waals surface area contributed by atoms with Crippen molar-refractivity contribution in [2.45, 2.75) is 25.8 Å². The fraction of sp³-hybridized carbons (Fsp3) is 0.556. The van der Waals surface area contributed by atoms with Gasteiger partial charge in [-0.15, -0.1) is 24.2 Å². The summed E-state index contributed by atoms with van der Waals surface area (Å²) in [7, 11) is 0. The molecular weight excluding hydrogens is 393 g/mol. The van der Waals surface area contributed by atoms with Crippen molar-refractivity contribution in [1.29, 1.82) is 0 Å². The Morgan fingerprint density at radius 2 is 1.96 bits per heavy atom. The zero-order valence-electron chi connectivity index (χ0n) is 14.8. The molecule has 2 aliphatic heterocycles. The summed E-state index contributed by atoms with van der Waals surface area (Å²) in [5, 5.41) is 7.03. The van der Waals surface area contributed by atoms with Crippen molar-refractivity contribution < 1.29 is 9.59 Å². The molecule has 0 bridgehead atoms. The van der Waals surface area contributed by atoms with E-state index in [4.69, 9.17) is 11.6 Å². The van der Waals surface area contributed by atoms with E-state index in [1.165, 1.54) is 0 Å². The number of benzene rings is 1. The fourth-order valence-electron chi connectivity index (χ4n) is 3.24. The van der Waals surface area contributed by atoms with E-state index in [0.717, 1.165) is 25.9 Å². The van der Waals surface area contributed by atoms with Crippen LogP contribution in [0.4, 0.5) is 0 Å². The number of nitrogens with one attached hydrogen (secondary N) is 2. The second kappa shape index (κ2) is 9.31. The predicted molar refractivity (Wildman–Crippen MR) is 109 cm³/mol. The first kappa shape index (κ1) is 21.4. The van der Waals surface area contributed by atoms with Crippen molar-refractivity contribution in [3.05, 3.63) is 34.9 Å². The molecule has 26 heavy (non-hydrogen) atoms. The standard InChI is InChI=1S/C18H24ClN3O2S.ClH/c1-18(6-8-20-9-7-18)11-21-16(23)15-10-25-12-22(15)17(24)13-2-4-14(19)5-3-13;/h2-5,15,20H,6-12H2,1H3,(H,21,23);1H. The van der Waals surface area contributed by atoms with Gasteiger partial charge in [0.1, 0.15) is 6.04 Å². The van der Waals surface area contributed by atoms with Crippen LogP contribution >= 0.6 is 35.8 Å². The van der Waals surface area contributed by atoms with E-state index in [2.05, 4.69) is 17.6 Å². The van der Waals surface area contributed by atoms with Gasteiger partial charge in [-0.3, -0.25) is 9.59 Å². The molecule has 0 radical (unpaired) electrons. The summed E-state index contributed by atoms with van der Waals surface area (Å²) in [6, 6.07) is 6.41. The van der Waals surface area contributed by atoms with E-state index < -0.39 is 6.04 Å². The van der Waals surface area contributed by atoms with Gasteiger partial charge in [0.15, 0.2) is 0 Å². The summed E-state index contributed by atoms with van der Waals surface area (Å²) in [6.07, 6.45) is 2.11. The Balaban J connectivity index is 0.00000243. The molecule has 144 valence electrons. The van der Waals surface area contributed by atoms with Crippen molar-refractivity contribution >= 4 is 47.6 Å². The molecule has 2 amide bonds. The van der Waals surface area contributed by atoms with Crippen LogP contribution in [0.1, 0.15) is 30.1 Å². The van der Waals surface area contributed by atoms with Crippen LogP contribution in [0, 0.1) is 5.41 Å². The summed E-state index contributed by atoms with van der Waals surface area (Å²) < 4.78 is 0. The molecule has 0 aliphatic carbocycles.